The van der Waals surface area contributed by atoms with E-state index in [4.69, 9.17) is 4.74 Å². The van der Waals surface area contributed by atoms with Crippen LogP contribution in [0.25, 0.3) is 6.08 Å². The van der Waals surface area contributed by atoms with Crippen LogP contribution in [0.1, 0.15) is 23.1 Å². The molecule has 1 heterocycles. The van der Waals surface area contributed by atoms with Crippen molar-refractivity contribution in [3.8, 4) is 0 Å². The minimum absolute atomic E-state index is 0.319. The van der Waals surface area contributed by atoms with E-state index < -0.39 is 5.97 Å². The van der Waals surface area contributed by atoms with Crippen molar-refractivity contribution >= 4 is 12.0 Å². The SMILES string of the molecule is C=Cc1cc(C(=O)OCC)nn1C. The molecule has 0 amide bonds. The van der Waals surface area contributed by atoms with Crippen LogP contribution in [0.4, 0.5) is 0 Å². The molecule has 0 radical (unpaired) electrons. The van der Waals surface area contributed by atoms with Gasteiger partial charge in [0, 0.05) is 7.05 Å². The fraction of sp³-hybridized carbons (Fsp3) is 0.333. The van der Waals surface area contributed by atoms with Gasteiger partial charge in [0.05, 0.1) is 12.3 Å². The zero-order valence-corrected chi connectivity index (χ0v) is 7.78. The van der Waals surface area contributed by atoms with Gasteiger partial charge in [0.2, 0.25) is 0 Å². The first kappa shape index (κ1) is 9.51. The van der Waals surface area contributed by atoms with Crippen molar-refractivity contribution in [2.24, 2.45) is 7.05 Å². The van der Waals surface area contributed by atoms with Crippen LogP contribution in [-0.2, 0) is 11.8 Å². The molecule has 0 bridgehead atoms. The summed E-state index contributed by atoms with van der Waals surface area (Å²) in [6.45, 7) is 5.72. The van der Waals surface area contributed by atoms with E-state index >= 15 is 0 Å². The maximum atomic E-state index is 11.2. The molecule has 0 fully saturated rings. The maximum absolute atomic E-state index is 11.2. The van der Waals surface area contributed by atoms with E-state index in [1.54, 1.807) is 30.8 Å². The third-order valence-corrected chi connectivity index (χ3v) is 1.61. The smallest absolute Gasteiger partial charge is 0.358 e. The van der Waals surface area contributed by atoms with Gasteiger partial charge in [-0.15, -0.1) is 0 Å². The second-order valence-corrected chi connectivity index (χ2v) is 2.50. The van der Waals surface area contributed by atoms with Gasteiger partial charge in [0.25, 0.3) is 0 Å². The van der Waals surface area contributed by atoms with E-state index in [1.165, 1.54) is 0 Å². The van der Waals surface area contributed by atoms with Crippen molar-refractivity contribution in [1.82, 2.24) is 9.78 Å². The predicted octanol–water partition coefficient (Wildman–Crippen LogP) is 1.24. The molecule has 1 rings (SSSR count). The third-order valence-electron chi connectivity index (χ3n) is 1.61. The Labute approximate surface area is 76.8 Å². The van der Waals surface area contributed by atoms with E-state index in [2.05, 4.69) is 11.7 Å². The second kappa shape index (κ2) is 3.89. The zero-order chi connectivity index (χ0) is 9.84. The molecular weight excluding hydrogens is 168 g/mol. The van der Waals surface area contributed by atoms with Crippen LogP contribution in [0.3, 0.4) is 0 Å². The van der Waals surface area contributed by atoms with Crippen LogP contribution in [0, 0.1) is 0 Å². The Morgan fingerprint density at radius 3 is 3.00 bits per heavy atom. The lowest BCUT2D eigenvalue weighted by atomic mass is 10.3. The number of esters is 1. The van der Waals surface area contributed by atoms with E-state index in [1.807, 2.05) is 0 Å². The molecule has 0 aromatic carbocycles. The predicted molar refractivity (Wildman–Crippen MR) is 49.3 cm³/mol. The lowest BCUT2D eigenvalue weighted by Gasteiger charge is -1.95. The van der Waals surface area contributed by atoms with Gasteiger partial charge in [0.1, 0.15) is 0 Å². The summed E-state index contributed by atoms with van der Waals surface area (Å²) in [4.78, 5) is 11.2. The first-order valence-corrected chi connectivity index (χ1v) is 4.02. The van der Waals surface area contributed by atoms with Crippen molar-refractivity contribution in [3.63, 3.8) is 0 Å². The second-order valence-electron chi connectivity index (χ2n) is 2.50. The highest BCUT2D eigenvalue weighted by Crippen LogP contribution is 2.05. The maximum Gasteiger partial charge on any atom is 0.358 e. The van der Waals surface area contributed by atoms with Gasteiger partial charge >= 0.3 is 5.97 Å². The summed E-state index contributed by atoms with van der Waals surface area (Å²) in [5.74, 6) is -0.397. The Kier molecular flexibility index (Phi) is 2.84. The van der Waals surface area contributed by atoms with Crippen molar-refractivity contribution in [2.75, 3.05) is 6.61 Å². The highest BCUT2D eigenvalue weighted by molar-refractivity contribution is 5.87. The quantitative estimate of drug-likeness (QED) is 0.657. The summed E-state index contributed by atoms with van der Waals surface area (Å²) in [7, 11) is 1.75. The Bertz CT molecular complexity index is 328. The van der Waals surface area contributed by atoms with E-state index in [0.717, 1.165) is 5.69 Å². The molecule has 0 aliphatic heterocycles. The van der Waals surface area contributed by atoms with Gasteiger partial charge in [0.15, 0.2) is 5.69 Å². The van der Waals surface area contributed by atoms with Gasteiger partial charge < -0.3 is 4.74 Å². The number of rotatable bonds is 3. The molecule has 0 N–H and O–H groups in total. The standard InChI is InChI=1S/C9H12N2O2/c1-4-7-6-8(10-11(7)3)9(12)13-5-2/h4,6H,1,5H2,2-3H3. The molecule has 0 saturated carbocycles. The summed E-state index contributed by atoms with van der Waals surface area (Å²) >= 11 is 0. The zero-order valence-electron chi connectivity index (χ0n) is 7.78. The molecule has 0 atom stereocenters. The number of carbonyl (C=O) groups is 1. The number of hydrogen-bond acceptors (Lipinski definition) is 3. The monoisotopic (exact) mass is 180 g/mol. The summed E-state index contributed by atoms with van der Waals surface area (Å²) in [5.41, 5.74) is 1.11. The van der Waals surface area contributed by atoms with Crippen LogP contribution in [0.5, 0.6) is 0 Å². The van der Waals surface area contributed by atoms with Crippen LogP contribution in [0.2, 0.25) is 0 Å². The van der Waals surface area contributed by atoms with Crippen molar-refractivity contribution in [3.05, 3.63) is 24.0 Å². The highest BCUT2D eigenvalue weighted by Gasteiger charge is 2.11. The molecule has 1 aromatic heterocycles. The lowest BCUT2D eigenvalue weighted by Crippen LogP contribution is -2.05. The van der Waals surface area contributed by atoms with Crippen molar-refractivity contribution in [1.29, 1.82) is 0 Å². The first-order chi connectivity index (χ1) is 6.19. The number of hydrogen-bond donors (Lipinski definition) is 0. The topological polar surface area (TPSA) is 44.1 Å². The van der Waals surface area contributed by atoms with Gasteiger partial charge in [-0.3, -0.25) is 4.68 Å². The molecule has 0 unspecified atom stereocenters. The van der Waals surface area contributed by atoms with Crippen molar-refractivity contribution < 1.29 is 9.53 Å². The number of nitrogens with zero attached hydrogens (tertiary/aromatic N) is 2. The van der Waals surface area contributed by atoms with Crippen LogP contribution in [-0.4, -0.2) is 22.4 Å². The minimum atomic E-state index is -0.397. The van der Waals surface area contributed by atoms with Crippen LogP contribution < -0.4 is 0 Å². The number of carbonyl (C=O) groups excluding carboxylic acids is 1. The van der Waals surface area contributed by atoms with E-state index in [0.29, 0.717) is 12.3 Å². The fourth-order valence-corrected chi connectivity index (χ4v) is 0.978. The molecule has 13 heavy (non-hydrogen) atoms. The molecule has 0 saturated heterocycles. The Hall–Kier alpha value is -1.58. The normalized spacial score (nSPS) is 9.69. The number of aryl methyl sites for hydroxylation is 1. The molecule has 4 nitrogen and oxygen atoms in total. The molecule has 0 aliphatic rings. The van der Waals surface area contributed by atoms with Gasteiger partial charge in [-0.1, -0.05) is 6.58 Å². The highest BCUT2D eigenvalue weighted by atomic mass is 16.5. The molecule has 4 heteroatoms. The summed E-state index contributed by atoms with van der Waals surface area (Å²) in [6.07, 6.45) is 1.63. The van der Waals surface area contributed by atoms with Gasteiger partial charge in [-0.05, 0) is 19.1 Å². The Balaban J connectivity index is 2.90. The Morgan fingerprint density at radius 1 is 1.85 bits per heavy atom. The molecule has 1 aromatic rings. The van der Waals surface area contributed by atoms with Gasteiger partial charge in [-0.2, -0.15) is 5.10 Å². The molecule has 70 valence electrons. The van der Waals surface area contributed by atoms with Gasteiger partial charge in [-0.25, -0.2) is 4.79 Å². The molecule has 0 aliphatic carbocycles. The fourth-order valence-electron chi connectivity index (χ4n) is 0.978. The van der Waals surface area contributed by atoms with E-state index in [-0.39, 0.29) is 0 Å². The average molecular weight is 180 g/mol. The Morgan fingerprint density at radius 2 is 2.54 bits per heavy atom. The first-order valence-electron chi connectivity index (χ1n) is 4.02. The van der Waals surface area contributed by atoms with Crippen LogP contribution >= 0.6 is 0 Å². The number of aromatic nitrogens is 2. The third kappa shape index (κ3) is 1.96. The van der Waals surface area contributed by atoms with Crippen molar-refractivity contribution in [2.45, 2.75) is 6.92 Å². The molecule has 0 spiro atoms. The largest absolute Gasteiger partial charge is 0.461 e. The summed E-state index contributed by atoms with van der Waals surface area (Å²) in [5, 5.41) is 3.97. The lowest BCUT2D eigenvalue weighted by molar-refractivity contribution is 0.0518. The number of ether oxygens (including phenoxy) is 1. The average Bonchev–Trinajstić information content (AvgIpc) is 2.47. The van der Waals surface area contributed by atoms with E-state index in [9.17, 15) is 4.79 Å². The summed E-state index contributed by atoms with van der Waals surface area (Å²) < 4.78 is 6.37. The molecular formula is C9H12N2O2. The minimum Gasteiger partial charge on any atom is -0.461 e. The summed E-state index contributed by atoms with van der Waals surface area (Å²) in [6, 6.07) is 1.64. The van der Waals surface area contributed by atoms with Crippen LogP contribution in [0.15, 0.2) is 12.6 Å².